The van der Waals surface area contributed by atoms with Gasteiger partial charge >= 0.3 is 0 Å². The van der Waals surface area contributed by atoms with Gasteiger partial charge in [0.2, 0.25) is 0 Å². The van der Waals surface area contributed by atoms with Gasteiger partial charge in [0.25, 0.3) is 11.8 Å². The third kappa shape index (κ3) is 3.67. The van der Waals surface area contributed by atoms with Crippen molar-refractivity contribution in [1.29, 1.82) is 0 Å². The van der Waals surface area contributed by atoms with Crippen LogP contribution in [0.15, 0.2) is 48.1 Å². The minimum Gasteiger partial charge on any atom is -0.364 e. The van der Waals surface area contributed by atoms with E-state index in [-0.39, 0.29) is 5.91 Å². The van der Waals surface area contributed by atoms with Crippen LogP contribution in [0.1, 0.15) is 32.1 Å². The Morgan fingerprint density at radius 1 is 1.24 bits per heavy atom. The van der Waals surface area contributed by atoms with Gasteiger partial charge in [-0.2, -0.15) is 5.10 Å². The monoisotopic (exact) mass is 406 g/mol. The molecule has 146 valence electrons. The van der Waals surface area contributed by atoms with E-state index in [2.05, 4.69) is 20.4 Å². The molecule has 3 heterocycles. The van der Waals surface area contributed by atoms with Crippen LogP contribution in [0.25, 0.3) is 16.9 Å². The van der Waals surface area contributed by atoms with Gasteiger partial charge in [-0.15, -0.1) is 11.3 Å². The maximum Gasteiger partial charge on any atom is 0.265 e. The number of carbonyl (C=O) groups excluding carboxylic acids is 2. The van der Waals surface area contributed by atoms with E-state index in [0.29, 0.717) is 22.1 Å². The Labute approximate surface area is 170 Å². The molecule has 0 atom stereocenters. The average molecular weight is 406 g/mol. The Balaban J connectivity index is 1.53. The Morgan fingerprint density at radius 2 is 2.07 bits per heavy atom. The molecule has 0 aliphatic carbocycles. The predicted molar refractivity (Wildman–Crippen MR) is 111 cm³/mol. The Kier molecular flexibility index (Phi) is 4.73. The molecule has 8 nitrogen and oxygen atoms in total. The maximum atomic E-state index is 12.7. The zero-order chi connectivity index (χ0) is 20.5. The fraction of sp³-hybridized carbons (Fsp3) is 0.100. The van der Waals surface area contributed by atoms with E-state index < -0.39 is 5.91 Å². The summed E-state index contributed by atoms with van der Waals surface area (Å²) in [4.78, 5) is 31.2. The molecule has 4 rings (SSSR count). The van der Waals surface area contributed by atoms with E-state index >= 15 is 0 Å². The number of nitrogens with zero attached hydrogens (tertiary/aromatic N) is 3. The molecule has 0 saturated heterocycles. The molecule has 0 radical (unpaired) electrons. The molecule has 1 aromatic carbocycles. The van der Waals surface area contributed by atoms with Crippen molar-refractivity contribution < 1.29 is 9.59 Å². The first-order valence-electron chi connectivity index (χ1n) is 8.79. The van der Waals surface area contributed by atoms with Crippen LogP contribution in [0.5, 0.6) is 0 Å². The number of nitrogens with one attached hydrogen (secondary N) is 2. The van der Waals surface area contributed by atoms with E-state index in [9.17, 15) is 9.59 Å². The topological polar surface area (TPSA) is 119 Å². The van der Waals surface area contributed by atoms with Gasteiger partial charge in [0.15, 0.2) is 5.13 Å². The summed E-state index contributed by atoms with van der Waals surface area (Å²) in [7, 11) is 0. The van der Waals surface area contributed by atoms with E-state index in [1.165, 1.54) is 11.3 Å². The first-order chi connectivity index (χ1) is 13.9. The molecule has 29 heavy (non-hydrogen) atoms. The van der Waals surface area contributed by atoms with Crippen LogP contribution in [0.3, 0.4) is 0 Å². The van der Waals surface area contributed by atoms with E-state index in [1.807, 2.05) is 38.1 Å². The Hall–Kier alpha value is -3.72. The van der Waals surface area contributed by atoms with Crippen LogP contribution < -0.4 is 11.1 Å². The normalized spacial score (nSPS) is 10.8. The molecule has 4 N–H and O–H groups in total. The van der Waals surface area contributed by atoms with Gasteiger partial charge in [0.1, 0.15) is 5.69 Å². The quantitative estimate of drug-likeness (QED) is 0.471. The highest BCUT2D eigenvalue weighted by Crippen LogP contribution is 2.26. The number of aryl methyl sites for hydroxylation is 1. The van der Waals surface area contributed by atoms with Gasteiger partial charge in [0.05, 0.1) is 28.8 Å². The van der Waals surface area contributed by atoms with Crippen molar-refractivity contribution in [3.63, 3.8) is 0 Å². The number of carbonyl (C=O) groups is 2. The lowest BCUT2D eigenvalue weighted by molar-refractivity contribution is 0.0993. The molecule has 0 aliphatic rings. The lowest BCUT2D eigenvalue weighted by Crippen LogP contribution is -2.13. The number of hydrogen-bond acceptors (Lipinski definition) is 5. The lowest BCUT2D eigenvalue weighted by atomic mass is 10.2. The largest absolute Gasteiger partial charge is 0.364 e. The van der Waals surface area contributed by atoms with Gasteiger partial charge in [-0.05, 0) is 37.6 Å². The van der Waals surface area contributed by atoms with Crippen molar-refractivity contribution >= 4 is 28.3 Å². The predicted octanol–water partition coefficient (Wildman–Crippen LogP) is 3.29. The molecule has 0 fully saturated rings. The molecule has 3 aromatic heterocycles. The number of thiazole rings is 1. The summed E-state index contributed by atoms with van der Waals surface area (Å²) in [6.45, 7) is 3.86. The summed E-state index contributed by atoms with van der Waals surface area (Å²) in [5.74, 6) is -0.824. The van der Waals surface area contributed by atoms with Gasteiger partial charge in [-0.1, -0.05) is 12.1 Å². The number of hydrogen-bond donors (Lipinski definition) is 3. The fourth-order valence-electron chi connectivity index (χ4n) is 2.97. The number of rotatable bonds is 5. The lowest BCUT2D eigenvalue weighted by Gasteiger charge is -2.06. The molecule has 0 saturated carbocycles. The molecule has 2 amide bonds. The molecular formula is C20H18N6O2S. The molecule has 9 heteroatoms. The standard InChI is InChI=1S/C20H18N6O2S/c1-11-4-3-5-14(6-11)26-12(2)15(9-23-26)19(28)25-20-24-17(10-29-20)13-7-16(18(21)27)22-8-13/h3-10,22H,1-2H3,(H2,21,27)(H,24,25,28). The third-order valence-corrected chi connectivity index (χ3v) is 5.23. The smallest absolute Gasteiger partial charge is 0.265 e. The van der Waals surface area contributed by atoms with Gasteiger partial charge in [-0.25, -0.2) is 9.67 Å². The number of aromatic nitrogens is 4. The van der Waals surface area contributed by atoms with Crippen LogP contribution >= 0.6 is 11.3 Å². The number of benzene rings is 1. The summed E-state index contributed by atoms with van der Waals surface area (Å²) in [5.41, 5.74) is 10.1. The van der Waals surface area contributed by atoms with Crippen LogP contribution in [-0.4, -0.2) is 31.6 Å². The zero-order valence-electron chi connectivity index (χ0n) is 15.8. The summed E-state index contributed by atoms with van der Waals surface area (Å²) in [6.07, 6.45) is 3.20. The molecule has 0 aliphatic heterocycles. The van der Waals surface area contributed by atoms with Crippen molar-refractivity contribution in [2.75, 3.05) is 5.32 Å². The Bertz CT molecular complexity index is 1220. The fourth-order valence-corrected chi connectivity index (χ4v) is 3.68. The zero-order valence-corrected chi connectivity index (χ0v) is 16.6. The number of amides is 2. The molecule has 0 unspecified atom stereocenters. The van der Waals surface area contributed by atoms with Crippen LogP contribution in [0.4, 0.5) is 5.13 Å². The van der Waals surface area contributed by atoms with Crippen LogP contribution in [-0.2, 0) is 0 Å². The maximum absolute atomic E-state index is 12.7. The summed E-state index contributed by atoms with van der Waals surface area (Å²) in [6, 6.07) is 9.53. The highest BCUT2D eigenvalue weighted by atomic mass is 32.1. The average Bonchev–Trinajstić information content (AvgIpc) is 3.40. The van der Waals surface area contributed by atoms with Crippen molar-refractivity contribution in [2.24, 2.45) is 5.73 Å². The number of primary amides is 1. The Morgan fingerprint density at radius 3 is 2.79 bits per heavy atom. The highest BCUT2D eigenvalue weighted by molar-refractivity contribution is 7.14. The molecule has 0 bridgehead atoms. The second-order valence-corrected chi connectivity index (χ2v) is 7.41. The second-order valence-electron chi connectivity index (χ2n) is 6.55. The first kappa shape index (κ1) is 18.6. The number of nitrogens with two attached hydrogens (primary N) is 1. The molecule has 4 aromatic rings. The minimum atomic E-state index is -0.541. The van der Waals surface area contributed by atoms with Crippen LogP contribution in [0, 0.1) is 13.8 Å². The van der Waals surface area contributed by atoms with Gasteiger partial charge in [-0.3, -0.25) is 14.9 Å². The molecule has 0 spiro atoms. The molecular weight excluding hydrogens is 388 g/mol. The third-order valence-electron chi connectivity index (χ3n) is 4.47. The van der Waals surface area contributed by atoms with E-state index in [0.717, 1.165) is 22.5 Å². The number of H-pyrrole nitrogens is 1. The van der Waals surface area contributed by atoms with Crippen molar-refractivity contribution in [3.05, 3.63) is 70.6 Å². The number of aromatic amines is 1. The SMILES string of the molecule is Cc1cccc(-n2ncc(C(=O)Nc3nc(-c4c[nH]c(C(N)=O)c4)cs3)c2C)c1. The van der Waals surface area contributed by atoms with Crippen molar-refractivity contribution in [3.8, 4) is 16.9 Å². The summed E-state index contributed by atoms with van der Waals surface area (Å²) in [5, 5.41) is 9.41. The van der Waals surface area contributed by atoms with Crippen molar-refractivity contribution in [2.45, 2.75) is 13.8 Å². The number of anilines is 1. The minimum absolute atomic E-state index is 0.283. The summed E-state index contributed by atoms with van der Waals surface area (Å²) < 4.78 is 1.74. The summed E-state index contributed by atoms with van der Waals surface area (Å²) >= 11 is 1.30. The second kappa shape index (κ2) is 7.36. The first-order valence-corrected chi connectivity index (χ1v) is 9.67. The highest BCUT2D eigenvalue weighted by Gasteiger charge is 2.17. The van der Waals surface area contributed by atoms with Gasteiger partial charge in [0, 0.05) is 17.1 Å². The van der Waals surface area contributed by atoms with Crippen molar-refractivity contribution in [1.82, 2.24) is 19.7 Å². The van der Waals surface area contributed by atoms with E-state index in [1.54, 1.807) is 28.5 Å². The van der Waals surface area contributed by atoms with Crippen LogP contribution in [0.2, 0.25) is 0 Å². The van der Waals surface area contributed by atoms with E-state index in [4.69, 9.17) is 5.73 Å². The van der Waals surface area contributed by atoms with Gasteiger partial charge < -0.3 is 10.7 Å².